The summed E-state index contributed by atoms with van der Waals surface area (Å²) in [4.78, 5) is -0.373. The van der Waals surface area contributed by atoms with Gasteiger partial charge in [0.2, 0.25) is 10.0 Å². The molecule has 4 rings (SSSR count). The summed E-state index contributed by atoms with van der Waals surface area (Å²) in [5.41, 5.74) is 3.44. The summed E-state index contributed by atoms with van der Waals surface area (Å²) in [5, 5.41) is 4.49. The standard InChI is InChI=1S/C23H24F3N3O3S/c1-16-6-8-17(9-7-16)14-32-15-21-20-13-29(11-10-22(20)28(2)27-21)33(30,31)19-5-3-4-18(12-19)23(24,25)26/h3-9,12H,10-11,13-15H2,1-2H3. The van der Waals surface area contributed by atoms with Crippen molar-refractivity contribution in [1.82, 2.24) is 14.1 Å². The quantitative estimate of drug-likeness (QED) is 0.531. The predicted molar refractivity (Wildman–Crippen MR) is 116 cm³/mol. The van der Waals surface area contributed by atoms with Crippen molar-refractivity contribution in [2.24, 2.45) is 7.05 Å². The van der Waals surface area contributed by atoms with Crippen LogP contribution in [0.25, 0.3) is 0 Å². The van der Waals surface area contributed by atoms with E-state index in [1.807, 2.05) is 31.2 Å². The average Bonchev–Trinajstić information content (AvgIpc) is 3.09. The van der Waals surface area contributed by atoms with Crippen LogP contribution >= 0.6 is 0 Å². The van der Waals surface area contributed by atoms with Gasteiger partial charge in [-0.2, -0.15) is 22.6 Å². The fourth-order valence-electron chi connectivity index (χ4n) is 3.90. The molecule has 176 valence electrons. The maximum absolute atomic E-state index is 13.1. The van der Waals surface area contributed by atoms with Gasteiger partial charge in [0.15, 0.2) is 0 Å². The molecule has 0 radical (unpaired) electrons. The zero-order chi connectivity index (χ0) is 23.8. The summed E-state index contributed by atoms with van der Waals surface area (Å²) in [6.45, 7) is 2.79. The zero-order valence-electron chi connectivity index (χ0n) is 18.3. The first-order valence-corrected chi connectivity index (χ1v) is 11.8. The molecule has 0 unspecified atom stereocenters. The van der Waals surface area contributed by atoms with Gasteiger partial charge in [0.1, 0.15) is 0 Å². The number of ether oxygens (including phenoxy) is 1. The van der Waals surface area contributed by atoms with E-state index in [9.17, 15) is 21.6 Å². The van der Waals surface area contributed by atoms with E-state index < -0.39 is 21.8 Å². The van der Waals surface area contributed by atoms with Crippen molar-refractivity contribution in [3.8, 4) is 0 Å². The van der Waals surface area contributed by atoms with E-state index in [4.69, 9.17) is 4.74 Å². The van der Waals surface area contributed by atoms with Crippen LogP contribution in [0.1, 0.15) is 33.6 Å². The Morgan fingerprint density at radius 3 is 2.52 bits per heavy atom. The number of aromatic nitrogens is 2. The predicted octanol–water partition coefficient (Wildman–Crippen LogP) is 4.21. The molecule has 3 aromatic rings. The van der Waals surface area contributed by atoms with Crippen molar-refractivity contribution in [1.29, 1.82) is 0 Å². The highest BCUT2D eigenvalue weighted by atomic mass is 32.2. The third kappa shape index (κ3) is 4.97. The molecule has 0 atom stereocenters. The maximum Gasteiger partial charge on any atom is 0.416 e. The molecule has 1 aliphatic heterocycles. The normalized spacial score (nSPS) is 14.9. The Labute approximate surface area is 190 Å². The molecule has 0 aliphatic carbocycles. The molecule has 0 fully saturated rings. The highest BCUT2D eigenvalue weighted by molar-refractivity contribution is 7.89. The van der Waals surface area contributed by atoms with Crippen molar-refractivity contribution in [2.45, 2.75) is 44.2 Å². The van der Waals surface area contributed by atoms with Gasteiger partial charge in [-0.15, -0.1) is 0 Å². The van der Waals surface area contributed by atoms with E-state index in [2.05, 4.69) is 5.10 Å². The summed E-state index contributed by atoms with van der Waals surface area (Å²) < 4.78 is 74.2. The maximum atomic E-state index is 13.1. The van der Waals surface area contributed by atoms with Crippen LogP contribution in [0.3, 0.4) is 0 Å². The van der Waals surface area contributed by atoms with Crippen LogP contribution in [0.15, 0.2) is 53.4 Å². The van der Waals surface area contributed by atoms with E-state index in [0.29, 0.717) is 24.8 Å². The smallest absolute Gasteiger partial charge is 0.370 e. The third-order valence-electron chi connectivity index (χ3n) is 5.72. The Hall–Kier alpha value is -2.69. The number of fused-ring (bicyclic) bond motifs is 1. The van der Waals surface area contributed by atoms with Gasteiger partial charge in [-0.25, -0.2) is 8.42 Å². The highest BCUT2D eigenvalue weighted by Gasteiger charge is 2.35. The average molecular weight is 480 g/mol. The fourth-order valence-corrected chi connectivity index (χ4v) is 5.35. The Kier molecular flexibility index (Phi) is 6.35. The SMILES string of the molecule is Cc1ccc(COCc2nn(C)c3c2CN(S(=O)(=O)c2cccc(C(F)(F)F)c2)CC3)cc1. The Bertz CT molecular complexity index is 1250. The lowest BCUT2D eigenvalue weighted by Crippen LogP contribution is -2.36. The number of sulfonamides is 1. The second-order valence-electron chi connectivity index (χ2n) is 8.09. The first kappa shape index (κ1) is 23.5. The van der Waals surface area contributed by atoms with Gasteiger partial charge in [0.05, 0.1) is 29.4 Å². The molecule has 0 saturated carbocycles. The van der Waals surface area contributed by atoms with Crippen molar-refractivity contribution >= 4 is 10.0 Å². The molecule has 0 spiro atoms. The van der Waals surface area contributed by atoms with Crippen LogP contribution in [0, 0.1) is 6.92 Å². The van der Waals surface area contributed by atoms with Gasteiger partial charge in [0, 0.05) is 37.8 Å². The van der Waals surface area contributed by atoms with Crippen molar-refractivity contribution < 1.29 is 26.3 Å². The molecule has 0 N–H and O–H groups in total. The molecule has 33 heavy (non-hydrogen) atoms. The second kappa shape index (κ2) is 8.92. The van der Waals surface area contributed by atoms with E-state index in [0.717, 1.165) is 34.5 Å². The molecule has 0 bridgehead atoms. The topological polar surface area (TPSA) is 64.4 Å². The molecular weight excluding hydrogens is 455 g/mol. The Balaban J connectivity index is 1.52. The lowest BCUT2D eigenvalue weighted by atomic mass is 10.1. The Morgan fingerprint density at radius 1 is 1.09 bits per heavy atom. The number of hydrogen-bond acceptors (Lipinski definition) is 4. The molecular formula is C23H24F3N3O3S. The molecule has 0 saturated heterocycles. The van der Waals surface area contributed by atoms with Gasteiger partial charge in [0.25, 0.3) is 0 Å². The number of rotatable bonds is 6. The lowest BCUT2D eigenvalue weighted by Gasteiger charge is -2.27. The second-order valence-corrected chi connectivity index (χ2v) is 10.0. The summed E-state index contributed by atoms with van der Waals surface area (Å²) >= 11 is 0. The number of nitrogens with zero attached hydrogens (tertiary/aromatic N) is 3. The first-order valence-electron chi connectivity index (χ1n) is 10.4. The lowest BCUT2D eigenvalue weighted by molar-refractivity contribution is -0.137. The van der Waals surface area contributed by atoms with Gasteiger partial charge in [-0.1, -0.05) is 35.9 Å². The van der Waals surface area contributed by atoms with Gasteiger partial charge in [-0.3, -0.25) is 4.68 Å². The summed E-state index contributed by atoms with van der Waals surface area (Å²) in [6.07, 6.45) is -4.21. The van der Waals surface area contributed by atoms with Crippen LogP contribution in [-0.4, -0.2) is 29.0 Å². The molecule has 10 heteroatoms. The van der Waals surface area contributed by atoms with Crippen molar-refractivity contribution in [3.05, 3.63) is 82.2 Å². The van der Waals surface area contributed by atoms with Crippen LogP contribution in [0.5, 0.6) is 0 Å². The number of hydrogen-bond donors (Lipinski definition) is 0. The summed E-state index contributed by atoms with van der Waals surface area (Å²) in [7, 11) is -2.32. The van der Waals surface area contributed by atoms with Crippen molar-refractivity contribution in [2.75, 3.05) is 6.54 Å². The molecule has 2 aromatic carbocycles. The van der Waals surface area contributed by atoms with Crippen molar-refractivity contribution in [3.63, 3.8) is 0 Å². The first-order chi connectivity index (χ1) is 15.6. The molecule has 1 aromatic heterocycles. The van der Waals surface area contributed by atoms with E-state index in [1.165, 1.54) is 10.4 Å². The number of alkyl halides is 3. The van der Waals surface area contributed by atoms with Crippen LogP contribution in [-0.2, 0) is 54.2 Å². The molecule has 6 nitrogen and oxygen atoms in total. The van der Waals surface area contributed by atoms with Crippen LogP contribution < -0.4 is 0 Å². The van der Waals surface area contributed by atoms with Crippen LogP contribution in [0.2, 0.25) is 0 Å². The van der Waals surface area contributed by atoms with E-state index in [1.54, 1.807) is 11.7 Å². The van der Waals surface area contributed by atoms with Gasteiger partial charge >= 0.3 is 6.18 Å². The van der Waals surface area contributed by atoms with E-state index in [-0.39, 0.29) is 24.6 Å². The number of aryl methyl sites for hydroxylation is 2. The van der Waals surface area contributed by atoms with E-state index >= 15 is 0 Å². The molecule has 2 heterocycles. The zero-order valence-corrected chi connectivity index (χ0v) is 19.1. The summed E-state index contributed by atoms with van der Waals surface area (Å²) in [6, 6.07) is 11.8. The highest BCUT2D eigenvalue weighted by Crippen LogP contribution is 2.32. The van der Waals surface area contributed by atoms with Gasteiger partial charge in [-0.05, 0) is 30.7 Å². The Morgan fingerprint density at radius 2 is 1.82 bits per heavy atom. The minimum atomic E-state index is -4.62. The monoisotopic (exact) mass is 479 g/mol. The largest absolute Gasteiger partial charge is 0.416 e. The molecule has 1 aliphatic rings. The summed E-state index contributed by atoms with van der Waals surface area (Å²) in [5.74, 6) is 0. The minimum absolute atomic E-state index is 0.0327. The van der Waals surface area contributed by atoms with Gasteiger partial charge < -0.3 is 4.74 Å². The third-order valence-corrected chi connectivity index (χ3v) is 7.56. The fraction of sp³-hybridized carbons (Fsp3) is 0.348. The number of halogens is 3. The number of benzene rings is 2. The van der Waals surface area contributed by atoms with Crippen LogP contribution in [0.4, 0.5) is 13.2 Å². The molecule has 0 amide bonds. The minimum Gasteiger partial charge on any atom is -0.370 e.